The van der Waals surface area contributed by atoms with Gasteiger partial charge in [0.15, 0.2) is 4.96 Å². The fraction of sp³-hybridized carbons (Fsp3) is 0.133. The van der Waals surface area contributed by atoms with E-state index in [2.05, 4.69) is 20.9 Å². The van der Waals surface area contributed by atoms with Crippen molar-refractivity contribution in [1.82, 2.24) is 9.38 Å². The fourth-order valence-corrected chi connectivity index (χ4v) is 3.46. The molecule has 23 heavy (non-hydrogen) atoms. The van der Waals surface area contributed by atoms with Crippen LogP contribution in [0.1, 0.15) is 21.7 Å². The van der Waals surface area contributed by atoms with Crippen LogP contribution in [0.5, 0.6) is 5.75 Å². The molecule has 2 aromatic heterocycles. The average molecular weight is 395 g/mol. The number of carboxylic acids is 1. The summed E-state index contributed by atoms with van der Waals surface area (Å²) in [7, 11) is 0. The normalized spacial score (nSPS) is 10.9. The minimum absolute atomic E-state index is 0.119. The molecule has 1 aromatic carbocycles. The van der Waals surface area contributed by atoms with Crippen molar-refractivity contribution < 1.29 is 14.6 Å². The van der Waals surface area contributed by atoms with Crippen molar-refractivity contribution in [1.29, 1.82) is 0 Å². The maximum Gasteiger partial charge on any atom is 0.335 e. The third-order valence-corrected chi connectivity index (χ3v) is 4.75. The van der Waals surface area contributed by atoms with E-state index in [4.69, 9.17) is 9.84 Å². The number of aromatic nitrogens is 2. The predicted molar refractivity (Wildman–Crippen MR) is 89.5 cm³/mol. The number of rotatable bonds is 4. The van der Waals surface area contributed by atoms with Crippen molar-refractivity contribution in [2.45, 2.75) is 13.5 Å². The molecular weight excluding hydrogens is 384 g/mol. The SMILES string of the molecule is Cc1csc2nc(COc3ccc(C(=O)O)cc3Br)cc(=O)n12. The second-order valence-corrected chi connectivity index (χ2v) is 6.51. The maximum atomic E-state index is 12.1. The predicted octanol–water partition coefficient (Wildman–Crippen LogP) is 3.10. The first-order valence-corrected chi connectivity index (χ1v) is 8.25. The lowest BCUT2D eigenvalue weighted by molar-refractivity contribution is 0.0696. The van der Waals surface area contributed by atoms with Crippen LogP contribution in [0, 0.1) is 6.92 Å². The van der Waals surface area contributed by atoms with Crippen molar-refractivity contribution in [3.8, 4) is 5.75 Å². The second kappa shape index (κ2) is 6.13. The number of carboxylic acid groups (broad SMARTS) is 1. The Kier molecular flexibility index (Phi) is 4.18. The van der Waals surface area contributed by atoms with Gasteiger partial charge in [-0.2, -0.15) is 0 Å². The lowest BCUT2D eigenvalue weighted by atomic mass is 10.2. The number of ether oxygens (including phenoxy) is 1. The molecule has 8 heteroatoms. The molecule has 0 radical (unpaired) electrons. The van der Waals surface area contributed by atoms with Gasteiger partial charge in [0, 0.05) is 17.1 Å². The summed E-state index contributed by atoms with van der Waals surface area (Å²) in [5.41, 5.74) is 1.39. The molecule has 0 amide bonds. The highest BCUT2D eigenvalue weighted by Crippen LogP contribution is 2.26. The summed E-state index contributed by atoms with van der Waals surface area (Å²) in [5, 5.41) is 10.8. The van der Waals surface area contributed by atoms with Gasteiger partial charge in [-0.3, -0.25) is 9.20 Å². The Morgan fingerprint density at radius 3 is 2.91 bits per heavy atom. The highest BCUT2D eigenvalue weighted by atomic mass is 79.9. The number of hydrogen-bond acceptors (Lipinski definition) is 5. The van der Waals surface area contributed by atoms with E-state index in [1.165, 1.54) is 29.5 Å². The minimum Gasteiger partial charge on any atom is -0.486 e. The van der Waals surface area contributed by atoms with Gasteiger partial charge in [-0.25, -0.2) is 9.78 Å². The maximum absolute atomic E-state index is 12.1. The molecule has 0 saturated carbocycles. The van der Waals surface area contributed by atoms with Crippen molar-refractivity contribution >= 4 is 38.2 Å². The zero-order chi connectivity index (χ0) is 16.6. The van der Waals surface area contributed by atoms with E-state index in [0.29, 0.717) is 20.9 Å². The number of nitrogens with zero attached hydrogens (tertiary/aromatic N) is 2. The Bertz CT molecular complexity index is 964. The first-order valence-electron chi connectivity index (χ1n) is 6.58. The van der Waals surface area contributed by atoms with Crippen LogP contribution in [0.25, 0.3) is 4.96 Å². The molecule has 0 aliphatic heterocycles. The summed E-state index contributed by atoms with van der Waals surface area (Å²) in [6.45, 7) is 1.97. The lowest BCUT2D eigenvalue weighted by Gasteiger charge is -2.08. The van der Waals surface area contributed by atoms with E-state index < -0.39 is 5.97 Å². The van der Waals surface area contributed by atoms with Gasteiger partial charge in [-0.1, -0.05) is 0 Å². The third kappa shape index (κ3) is 3.13. The van der Waals surface area contributed by atoms with Crippen molar-refractivity contribution in [3.05, 3.63) is 61.4 Å². The van der Waals surface area contributed by atoms with Crippen LogP contribution in [0.3, 0.4) is 0 Å². The van der Waals surface area contributed by atoms with E-state index in [-0.39, 0.29) is 17.7 Å². The number of carbonyl (C=O) groups is 1. The number of fused-ring (bicyclic) bond motifs is 1. The second-order valence-electron chi connectivity index (χ2n) is 4.82. The van der Waals surface area contributed by atoms with Crippen LogP contribution in [0.15, 0.2) is 38.9 Å². The van der Waals surface area contributed by atoms with Gasteiger partial charge in [0.25, 0.3) is 5.56 Å². The topological polar surface area (TPSA) is 80.9 Å². The molecule has 0 atom stereocenters. The van der Waals surface area contributed by atoms with Crippen molar-refractivity contribution in [2.75, 3.05) is 0 Å². The summed E-state index contributed by atoms with van der Waals surface area (Å²) in [6, 6.07) is 5.92. The Labute approximate surface area is 143 Å². The first kappa shape index (κ1) is 15.7. The highest BCUT2D eigenvalue weighted by molar-refractivity contribution is 9.10. The quantitative estimate of drug-likeness (QED) is 0.734. The van der Waals surface area contributed by atoms with Gasteiger partial charge in [-0.15, -0.1) is 11.3 Å². The summed E-state index contributed by atoms with van der Waals surface area (Å²) >= 11 is 4.67. The molecule has 3 rings (SSSR count). The van der Waals surface area contributed by atoms with Gasteiger partial charge in [0.1, 0.15) is 12.4 Å². The molecule has 118 valence electrons. The van der Waals surface area contributed by atoms with Crippen LogP contribution >= 0.6 is 27.3 Å². The molecule has 0 spiro atoms. The Balaban J connectivity index is 1.83. The van der Waals surface area contributed by atoms with Crippen LogP contribution in [-0.4, -0.2) is 20.5 Å². The zero-order valence-corrected chi connectivity index (χ0v) is 14.3. The van der Waals surface area contributed by atoms with Crippen molar-refractivity contribution in [2.24, 2.45) is 0 Å². The summed E-state index contributed by atoms with van der Waals surface area (Å²) in [5.74, 6) is -0.523. The number of hydrogen-bond donors (Lipinski definition) is 1. The number of aromatic carboxylic acids is 1. The molecule has 1 N–H and O–H groups in total. The molecule has 0 aliphatic carbocycles. The van der Waals surface area contributed by atoms with E-state index in [0.717, 1.165) is 5.69 Å². The lowest BCUT2D eigenvalue weighted by Crippen LogP contribution is -2.16. The van der Waals surface area contributed by atoms with Gasteiger partial charge in [0.2, 0.25) is 0 Å². The van der Waals surface area contributed by atoms with Gasteiger partial charge >= 0.3 is 5.97 Å². The fourth-order valence-electron chi connectivity index (χ4n) is 2.08. The summed E-state index contributed by atoms with van der Waals surface area (Å²) in [4.78, 5) is 28.0. The standard InChI is InChI=1S/C15H11BrN2O4S/c1-8-7-23-15-17-10(5-13(19)18(8)15)6-22-12-3-2-9(14(20)21)4-11(12)16/h2-5,7H,6H2,1H3,(H,20,21). The zero-order valence-electron chi connectivity index (χ0n) is 11.9. The summed E-state index contributed by atoms with van der Waals surface area (Å²) < 4.78 is 7.70. The van der Waals surface area contributed by atoms with E-state index in [9.17, 15) is 9.59 Å². The molecule has 0 unspecified atom stereocenters. The Morgan fingerprint density at radius 1 is 1.43 bits per heavy atom. The molecule has 0 aliphatic rings. The Morgan fingerprint density at radius 2 is 2.22 bits per heavy atom. The van der Waals surface area contributed by atoms with Crippen LogP contribution < -0.4 is 10.3 Å². The Hall–Kier alpha value is -2.19. The molecule has 0 saturated heterocycles. The number of aryl methyl sites for hydroxylation is 1. The number of benzene rings is 1. The van der Waals surface area contributed by atoms with E-state index in [1.807, 2.05) is 12.3 Å². The van der Waals surface area contributed by atoms with Crippen LogP contribution in [0.2, 0.25) is 0 Å². The first-order chi connectivity index (χ1) is 11.0. The highest BCUT2D eigenvalue weighted by Gasteiger charge is 2.10. The number of halogens is 1. The van der Waals surface area contributed by atoms with Gasteiger partial charge in [0.05, 0.1) is 15.7 Å². The van der Waals surface area contributed by atoms with E-state index in [1.54, 1.807) is 10.5 Å². The minimum atomic E-state index is -1.01. The average Bonchev–Trinajstić information content (AvgIpc) is 2.87. The monoisotopic (exact) mass is 394 g/mol. The molecule has 2 heterocycles. The molecule has 0 bridgehead atoms. The summed E-state index contributed by atoms with van der Waals surface area (Å²) in [6.07, 6.45) is 0. The molecule has 0 fully saturated rings. The van der Waals surface area contributed by atoms with Gasteiger partial charge in [-0.05, 0) is 41.1 Å². The smallest absolute Gasteiger partial charge is 0.335 e. The largest absolute Gasteiger partial charge is 0.486 e. The van der Waals surface area contributed by atoms with Crippen molar-refractivity contribution in [3.63, 3.8) is 0 Å². The molecular formula is C15H11BrN2O4S. The number of thiazole rings is 1. The third-order valence-electron chi connectivity index (χ3n) is 3.18. The van der Waals surface area contributed by atoms with Gasteiger partial charge < -0.3 is 9.84 Å². The molecule has 3 aromatic rings. The van der Waals surface area contributed by atoms with Crippen LogP contribution in [-0.2, 0) is 6.61 Å². The van der Waals surface area contributed by atoms with Crippen LogP contribution in [0.4, 0.5) is 0 Å². The molecule has 6 nitrogen and oxygen atoms in total. The van der Waals surface area contributed by atoms with E-state index >= 15 is 0 Å².